The van der Waals surface area contributed by atoms with Crippen molar-refractivity contribution in [3.63, 3.8) is 0 Å². The van der Waals surface area contributed by atoms with Crippen LogP contribution in [-0.4, -0.2) is 24.0 Å². The molecule has 0 bridgehead atoms. The zero-order chi connectivity index (χ0) is 13.5. The number of rotatable bonds is 6. The molecule has 0 aliphatic heterocycles. The van der Waals surface area contributed by atoms with Crippen LogP contribution in [0.3, 0.4) is 0 Å². The van der Waals surface area contributed by atoms with Gasteiger partial charge in [0.1, 0.15) is 0 Å². The summed E-state index contributed by atoms with van der Waals surface area (Å²) in [6.07, 6.45) is 4.43. The van der Waals surface area contributed by atoms with Crippen LogP contribution in [0.4, 0.5) is 10.2 Å². The standard InChI is InChI=1S/C13H20FN3O/c1-4-5-6-9(2)17-13(18)10-7-8-16-12(15-3)11(10)14/h7-9H,4-6H2,1-3H3,(H,15,16)(H,17,18). The van der Waals surface area contributed by atoms with Gasteiger partial charge in [-0.25, -0.2) is 9.37 Å². The van der Waals surface area contributed by atoms with Crippen LogP contribution in [-0.2, 0) is 0 Å². The highest BCUT2D eigenvalue weighted by Crippen LogP contribution is 2.14. The summed E-state index contributed by atoms with van der Waals surface area (Å²) in [5.41, 5.74) is 0.0256. The smallest absolute Gasteiger partial charge is 0.254 e. The summed E-state index contributed by atoms with van der Waals surface area (Å²) in [7, 11) is 1.57. The second kappa shape index (κ2) is 6.93. The van der Waals surface area contributed by atoms with Crippen LogP contribution in [0.25, 0.3) is 0 Å². The Kier molecular flexibility index (Phi) is 5.55. The van der Waals surface area contributed by atoms with E-state index in [0.29, 0.717) is 0 Å². The first kappa shape index (κ1) is 14.4. The molecule has 0 aromatic carbocycles. The minimum absolute atomic E-state index is 0.0256. The third-order valence-corrected chi connectivity index (χ3v) is 2.74. The molecule has 0 radical (unpaired) electrons. The second-order valence-electron chi connectivity index (χ2n) is 4.29. The Labute approximate surface area is 107 Å². The van der Waals surface area contributed by atoms with Gasteiger partial charge in [0.05, 0.1) is 5.56 Å². The van der Waals surface area contributed by atoms with Crippen LogP contribution in [0, 0.1) is 5.82 Å². The summed E-state index contributed by atoms with van der Waals surface area (Å²) >= 11 is 0. The first-order valence-corrected chi connectivity index (χ1v) is 6.23. The number of amides is 1. The van der Waals surface area contributed by atoms with Crippen LogP contribution >= 0.6 is 0 Å². The quantitative estimate of drug-likeness (QED) is 0.819. The number of carbonyl (C=O) groups excluding carboxylic acids is 1. The predicted octanol–water partition coefficient (Wildman–Crippen LogP) is 2.57. The van der Waals surface area contributed by atoms with E-state index >= 15 is 0 Å². The maximum Gasteiger partial charge on any atom is 0.254 e. The summed E-state index contributed by atoms with van der Waals surface area (Å²) < 4.78 is 13.8. The second-order valence-corrected chi connectivity index (χ2v) is 4.29. The van der Waals surface area contributed by atoms with Crippen molar-refractivity contribution in [2.45, 2.75) is 39.2 Å². The number of nitrogens with zero attached hydrogens (tertiary/aromatic N) is 1. The third-order valence-electron chi connectivity index (χ3n) is 2.74. The van der Waals surface area contributed by atoms with E-state index < -0.39 is 11.7 Å². The molecule has 1 aromatic heterocycles. The average molecular weight is 253 g/mol. The number of unbranched alkanes of at least 4 members (excludes halogenated alkanes) is 1. The van der Waals surface area contributed by atoms with E-state index in [4.69, 9.17) is 0 Å². The summed E-state index contributed by atoms with van der Waals surface area (Å²) in [5, 5.41) is 5.40. The minimum atomic E-state index is -0.611. The van der Waals surface area contributed by atoms with Gasteiger partial charge in [-0.2, -0.15) is 0 Å². The summed E-state index contributed by atoms with van der Waals surface area (Å²) in [6, 6.07) is 1.43. The number of nitrogens with one attached hydrogen (secondary N) is 2. The topological polar surface area (TPSA) is 54.0 Å². The Hall–Kier alpha value is -1.65. The molecule has 0 saturated heterocycles. The summed E-state index contributed by atoms with van der Waals surface area (Å²) in [4.78, 5) is 15.7. The van der Waals surface area contributed by atoms with E-state index in [1.54, 1.807) is 7.05 Å². The van der Waals surface area contributed by atoms with Gasteiger partial charge < -0.3 is 10.6 Å². The Balaban J connectivity index is 2.72. The molecule has 1 amide bonds. The van der Waals surface area contributed by atoms with Gasteiger partial charge in [-0.15, -0.1) is 0 Å². The van der Waals surface area contributed by atoms with Crippen molar-refractivity contribution in [1.29, 1.82) is 0 Å². The van der Waals surface area contributed by atoms with Crippen LogP contribution in [0.5, 0.6) is 0 Å². The van der Waals surface area contributed by atoms with Gasteiger partial charge in [0.2, 0.25) is 0 Å². The van der Waals surface area contributed by atoms with Crippen molar-refractivity contribution in [2.24, 2.45) is 0 Å². The zero-order valence-corrected chi connectivity index (χ0v) is 11.1. The molecule has 0 aliphatic rings. The molecule has 1 atom stereocenters. The number of anilines is 1. The van der Waals surface area contributed by atoms with Crippen molar-refractivity contribution >= 4 is 11.7 Å². The lowest BCUT2D eigenvalue weighted by molar-refractivity contribution is 0.0934. The van der Waals surface area contributed by atoms with Crippen molar-refractivity contribution in [2.75, 3.05) is 12.4 Å². The Morgan fingerprint density at radius 3 is 2.89 bits per heavy atom. The normalized spacial score (nSPS) is 12.0. The highest BCUT2D eigenvalue weighted by Gasteiger charge is 2.16. The SMILES string of the molecule is CCCCC(C)NC(=O)c1ccnc(NC)c1F. The van der Waals surface area contributed by atoms with E-state index in [1.165, 1.54) is 12.3 Å². The number of pyridine rings is 1. The fraction of sp³-hybridized carbons (Fsp3) is 0.538. The molecule has 5 heteroatoms. The van der Waals surface area contributed by atoms with Crippen LogP contribution in [0.2, 0.25) is 0 Å². The van der Waals surface area contributed by atoms with Gasteiger partial charge >= 0.3 is 0 Å². The molecule has 1 heterocycles. The van der Waals surface area contributed by atoms with Gasteiger partial charge in [0.15, 0.2) is 11.6 Å². The molecule has 1 rings (SSSR count). The van der Waals surface area contributed by atoms with Gasteiger partial charge in [-0.1, -0.05) is 19.8 Å². The lowest BCUT2D eigenvalue weighted by Crippen LogP contribution is -2.33. The first-order chi connectivity index (χ1) is 8.60. The van der Waals surface area contributed by atoms with Crippen molar-refractivity contribution in [3.8, 4) is 0 Å². The van der Waals surface area contributed by atoms with E-state index in [9.17, 15) is 9.18 Å². The number of carbonyl (C=O) groups is 1. The van der Waals surface area contributed by atoms with Crippen LogP contribution in [0.15, 0.2) is 12.3 Å². The lowest BCUT2D eigenvalue weighted by Gasteiger charge is -2.14. The third kappa shape index (κ3) is 3.68. The van der Waals surface area contributed by atoms with Crippen molar-refractivity contribution < 1.29 is 9.18 Å². The monoisotopic (exact) mass is 253 g/mol. The molecule has 4 nitrogen and oxygen atoms in total. The lowest BCUT2D eigenvalue weighted by atomic mass is 10.1. The van der Waals surface area contributed by atoms with Gasteiger partial charge in [0.25, 0.3) is 5.91 Å². The Bertz CT molecular complexity index is 409. The largest absolute Gasteiger partial charge is 0.371 e. The zero-order valence-electron chi connectivity index (χ0n) is 11.1. The van der Waals surface area contributed by atoms with Crippen LogP contribution < -0.4 is 10.6 Å². The number of hydrogen-bond acceptors (Lipinski definition) is 3. The molecule has 2 N–H and O–H groups in total. The van der Waals surface area contributed by atoms with E-state index in [2.05, 4.69) is 22.5 Å². The van der Waals surface area contributed by atoms with Gasteiger partial charge in [0, 0.05) is 19.3 Å². The minimum Gasteiger partial charge on any atom is -0.371 e. The van der Waals surface area contributed by atoms with Gasteiger partial charge in [-0.05, 0) is 19.4 Å². The molecule has 1 aromatic rings. The van der Waals surface area contributed by atoms with Gasteiger partial charge in [-0.3, -0.25) is 4.79 Å². The highest BCUT2D eigenvalue weighted by molar-refractivity contribution is 5.95. The molecule has 100 valence electrons. The molecule has 1 unspecified atom stereocenters. The highest BCUT2D eigenvalue weighted by atomic mass is 19.1. The fourth-order valence-corrected chi connectivity index (χ4v) is 1.68. The molecule has 0 saturated carbocycles. The molecule has 18 heavy (non-hydrogen) atoms. The first-order valence-electron chi connectivity index (χ1n) is 6.23. The Morgan fingerprint density at radius 1 is 1.56 bits per heavy atom. The number of halogens is 1. The van der Waals surface area contributed by atoms with E-state index in [0.717, 1.165) is 19.3 Å². The molecular formula is C13H20FN3O. The van der Waals surface area contributed by atoms with Crippen molar-refractivity contribution in [1.82, 2.24) is 10.3 Å². The van der Waals surface area contributed by atoms with Crippen molar-refractivity contribution in [3.05, 3.63) is 23.6 Å². The summed E-state index contributed by atoms with van der Waals surface area (Å²) in [6.45, 7) is 4.02. The molecule has 0 aliphatic carbocycles. The maximum atomic E-state index is 13.8. The number of aromatic nitrogens is 1. The summed E-state index contributed by atoms with van der Waals surface area (Å²) in [5.74, 6) is -0.918. The molecular weight excluding hydrogens is 233 g/mol. The number of hydrogen-bond donors (Lipinski definition) is 2. The predicted molar refractivity (Wildman–Crippen MR) is 70.2 cm³/mol. The fourth-order valence-electron chi connectivity index (χ4n) is 1.68. The maximum absolute atomic E-state index is 13.8. The van der Waals surface area contributed by atoms with E-state index in [1.807, 2.05) is 6.92 Å². The van der Waals surface area contributed by atoms with Crippen LogP contribution in [0.1, 0.15) is 43.5 Å². The molecule has 0 fully saturated rings. The Morgan fingerprint density at radius 2 is 2.28 bits per heavy atom. The molecule has 0 spiro atoms. The van der Waals surface area contributed by atoms with E-state index in [-0.39, 0.29) is 17.4 Å². The average Bonchev–Trinajstić information content (AvgIpc) is 2.36.